The normalized spacial score (nSPS) is 15.6. The summed E-state index contributed by atoms with van der Waals surface area (Å²) in [6.45, 7) is 9.79. The first-order chi connectivity index (χ1) is 17.6. The van der Waals surface area contributed by atoms with E-state index < -0.39 is 17.7 Å². The minimum Gasteiger partial charge on any atom is -0.542 e. The second-order valence-electron chi connectivity index (χ2n) is 10.3. The monoisotopic (exact) mass is 576 g/mol. The number of halogens is 5. The van der Waals surface area contributed by atoms with Gasteiger partial charge >= 0.3 is 12.3 Å². The molecule has 0 saturated carbocycles. The summed E-state index contributed by atoms with van der Waals surface area (Å²) < 4.78 is 36.9. The predicted molar refractivity (Wildman–Crippen MR) is 138 cm³/mol. The summed E-state index contributed by atoms with van der Waals surface area (Å²) in [5, 5.41) is 12.7. The van der Waals surface area contributed by atoms with Crippen LogP contribution in [0.2, 0.25) is 10.0 Å². The van der Waals surface area contributed by atoms with Gasteiger partial charge in [0.15, 0.2) is 0 Å². The van der Waals surface area contributed by atoms with Crippen molar-refractivity contribution in [2.24, 2.45) is 11.8 Å². The minimum atomic E-state index is -5.19. The SMILES string of the molecule is CC(C)(C)OC(=O)N1CC(Cc2ccc(Cl)cc2)C1.Clc1ccc(CC2C[NH2+]C2)cc1.O=C([O-])C(F)(F)F. The van der Waals surface area contributed by atoms with E-state index in [0.717, 1.165) is 35.5 Å². The molecule has 38 heavy (non-hydrogen) atoms. The number of quaternary nitrogens is 1. The lowest BCUT2D eigenvalue weighted by Gasteiger charge is -2.39. The number of carbonyl (C=O) groups excluding carboxylic acids is 2. The van der Waals surface area contributed by atoms with Gasteiger partial charge in [0, 0.05) is 23.1 Å². The maximum atomic E-state index is 11.8. The maximum absolute atomic E-state index is 11.8. The van der Waals surface area contributed by atoms with E-state index in [1.165, 1.54) is 30.6 Å². The van der Waals surface area contributed by atoms with Crippen molar-refractivity contribution in [2.75, 3.05) is 26.2 Å². The van der Waals surface area contributed by atoms with Crippen LogP contribution in [0, 0.1) is 11.8 Å². The van der Waals surface area contributed by atoms with Crippen molar-refractivity contribution >= 4 is 35.3 Å². The van der Waals surface area contributed by atoms with E-state index in [1.807, 2.05) is 57.2 Å². The third-order valence-corrected chi connectivity index (χ3v) is 6.22. The number of rotatable bonds is 4. The predicted octanol–water partition coefficient (Wildman–Crippen LogP) is 4.12. The topological polar surface area (TPSA) is 86.3 Å². The summed E-state index contributed by atoms with van der Waals surface area (Å²) in [6, 6.07) is 16.1. The highest BCUT2D eigenvalue weighted by molar-refractivity contribution is 6.30. The Morgan fingerprint density at radius 3 is 1.61 bits per heavy atom. The molecule has 2 aromatic carbocycles. The van der Waals surface area contributed by atoms with Crippen molar-refractivity contribution in [1.29, 1.82) is 0 Å². The Labute approximate surface area is 231 Å². The number of benzene rings is 2. The molecule has 210 valence electrons. The number of ether oxygens (including phenoxy) is 1. The van der Waals surface area contributed by atoms with Crippen molar-refractivity contribution in [2.45, 2.75) is 45.4 Å². The smallest absolute Gasteiger partial charge is 0.430 e. The van der Waals surface area contributed by atoms with Gasteiger partial charge in [-0.3, -0.25) is 0 Å². The molecular formula is C27H33Cl2F3N2O4. The van der Waals surface area contributed by atoms with Crippen molar-refractivity contribution < 1.29 is 37.9 Å². The number of amides is 1. The molecule has 0 spiro atoms. The number of nitrogens with zero attached hydrogens (tertiary/aromatic N) is 1. The van der Waals surface area contributed by atoms with Crippen LogP contribution in [0.15, 0.2) is 48.5 Å². The van der Waals surface area contributed by atoms with Gasteiger partial charge in [0.2, 0.25) is 0 Å². The highest BCUT2D eigenvalue weighted by Crippen LogP contribution is 2.23. The van der Waals surface area contributed by atoms with E-state index >= 15 is 0 Å². The third kappa shape index (κ3) is 11.9. The molecule has 2 saturated heterocycles. The van der Waals surface area contributed by atoms with E-state index in [9.17, 15) is 18.0 Å². The molecule has 6 nitrogen and oxygen atoms in total. The third-order valence-electron chi connectivity index (χ3n) is 5.72. The van der Waals surface area contributed by atoms with Crippen molar-refractivity contribution in [3.05, 3.63) is 69.7 Å². The molecule has 0 unspecified atom stereocenters. The number of nitrogens with two attached hydrogens (primary N) is 1. The number of carbonyl (C=O) groups is 2. The summed E-state index contributed by atoms with van der Waals surface area (Å²) in [5.41, 5.74) is 2.26. The van der Waals surface area contributed by atoms with Crippen molar-refractivity contribution in [3.63, 3.8) is 0 Å². The van der Waals surface area contributed by atoms with Crippen LogP contribution in [0.4, 0.5) is 18.0 Å². The van der Waals surface area contributed by atoms with Crippen molar-refractivity contribution in [1.82, 2.24) is 4.90 Å². The lowest BCUT2D eigenvalue weighted by molar-refractivity contribution is -0.722. The number of likely N-dealkylation sites (tertiary alicyclic amines) is 1. The molecule has 0 atom stereocenters. The first-order valence-corrected chi connectivity index (χ1v) is 12.9. The molecule has 2 heterocycles. The van der Waals surface area contributed by atoms with E-state index in [1.54, 1.807) is 4.90 Å². The van der Waals surface area contributed by atoms with E-state index in [4.69, 9.17) is 37.8 Å². The Hall–Kier alpha value is -2.49. The number of alkyl halides is 3. The lowest BCUT2D eigenvalue weighted by Crippen LogP contribution is -2.96. The number of carboxylic acid groups (broad SMARTS) is 1. The van der Waals surface area contributed by atoms with Gasteiger partial charge in [-0.1, -0.05) is 47.5 Å². The van der Waals surface area contributed by atoms with Gasteiger partial charge < -0.3 is 24.9 Å². The molecule has 2 aliphatic heterocycles. The quantitative estimate of drug-likeness (QED) is 0.593. The minimum absolute atomic E-state index is 0.208. The molecule has 2 aliphatic rings. The number of hydrogen-bond acceptors (Lipinski definition) is 4. The molecular weight excluding hydrogens is 544 g/mol. The Kier molecular flexibility index (Phi) is 11.7. The molecule has 4 rings (SSSR count). The fourth-order valence-electron chi connectivity index (χ4n) is 3.65. The van der Waals surface area contributed by atoms with Gasteiger partial charge in [-0.05, 0) is 74.9 Å². The van der Waals surface area contributed by atoms with Crippen molar-refractivity contribution in [3.8, 4) is 0 Å². The molecule has 0 aromatic heterocycles. The van der Waals surface area contributed by atoms with Gasteiger partial charge in [0.05, 0.1) is 19.0 Å². The second-order valence-corrected chi connectivity index (χ2v) is 11.2. The summed E-state index contributed by atoms with van der Waals surface area (Å²) >= 11 is 11.6. The molecule has 2 aromatic rings. The zero-order valence-corrected chi connectivity index (χ0v) is 23.1. The van der Waals surface area contributed by atoms with Crippen LogP contribution in [-0.4, -0.2) is 54.9 Å². The highest BCUT2D eigenvalue weighted by Gasteiger charge is 2.33. The number of carboxylic acids is 1. The van der Waals surface area contributed by atoms with Gasteiger partial charge in [-0.15, -0.1) is 0 Å². The number of aliphatic carboxylic acids is 1. The van der Waals surface area contributed by atoms with Gasteiger partial charge in [0.1, 0.15) is 11.6 Å². The zero-order chi connectivity index (χ0) is 28.5. The largest absolute Gasteiger partial charge is 0.542 e. The van der Waals surface area contributed by atoms with Crippen LogP contribution in [-0.2, 0) is 22.4 Å². The van der Waals surface area contributed by atoms with Gasteiger partial charge in [-0.25, -0.2) is 4.79 Å². The Morgan fingerprint density at radius 2 is 1.29 bits per heavy atom. The molecule has 2 fully saturated rings. The number of hydrogen-bond donors (Lipinski definition) is 1. The maximum Gasteiger partial charge on any atom is 0.430 e. The fourth-order valence-corrected chi connectivity index (χ4v) is 3.90. The average Bonchev–Trinajstić information content (AvgIpc) is 2.74. The van der Waals surface area contributed by atoms with Crippen LogP contribution >= 0.6 is 23.2 Å². The molecule has 0 aliphatic carbocycles. The Morgan fingerprint density at radius 1 is 0.895 bits per heavy atom. The van der Waals surface area contributed by atoms with Crippen LogP contribution in [0.25, 0.3) is 0 Å². The first kappa shape index (κ1) is 31.7. The fraction of sp³-hybridized carbons (Fsp3) is 0.481. The Bertz CT molecular complexity index is 1030. The average molecular weight is 577 g/mol. The lowest BCUT2D eigenvalue weighted by atomic mass is 9.93. The first-order valence-electron chi connectivity index (χ1n) is 12.2. The van der Waals surface area contributed by atoms with Crippen LogP contribution in [0.3, 0.4) is 0 Å². The van der Waals surface area contributed by atoms with E-state index in [-0.39, 0.29) is 6.09 Å². The van der Waals surface area contributed by atoms with E-state index in [0.29, 0.717) is 5.92 Å². The zero-order valence-electron chi connectivity index (χ0n) is 21.6. The van der Waals surface area contributed by atoms with Crippen LogP contribution < -0.4 is 10.4 Å². The second kappa shape index (κ2) is 14.1. The van der Waals surface area contributed by atoms with Crippen LogP contribution in [0.1, 0.15) is 31.9 Å². The van der Waals surface area contributed by atoms with Crippen LogP contribution in [0.5, 0.6) is 0 Å². The summed E-state index contributed by atoms with van der Waals surface area (Å²) in [6.07, 6.45) is -3.20. The summed E-state index contributed by atoms with van der Waals surface area (Å²) in [5.74, 6) is -1.59. The summed E-state index contributed by atoms with van der Waals surface area (Å²) in [7, 11) is 0. The Balaban J connectivity index is 0.000000227. The molecule has 2 N–H and O–H groups in total. The molecule has 0 bridgehead atoms. The van der Waals surface area contributed by atoms with Gasteiger partial charge in [-0.2, -0.15) is 13.2 Å². The summed E-state index contributed by atoms with van der Waals surface area (Å²) in [4.78, 5) is 22.3. The molecule has 0 radical (unpaired) electrons. The highest BCUT2D eigenvalue weighted by atomic mass is 35.5. The van der Waals surface area contributed by atoms with E-state index in [2.05, 4.69) is 17.4 Å². The standard InChI is InChI=1S/C15H20ClNO2.C10H12ClN.C2HF3O2/c1-15(2,3)19-14(18)17-9-12(10-17)8-11-4-6-13(16)7-5-11;11-10-3-1-8(2-4-10)5-9-6-12-7-9;3-2(4,5)1(6)7/h4-7,12H,8-10H2,1-3H3;1-4,9,12H,5-7H2;(H,6,7). The molecule has 11 heteroatoms. The van der Waals surface area contributed by atoms with Gasteiger partial charge in [0.25, 0.3) is 0 Å². The molecule has 1 amide bonds.